The maximum Gasteiger partial charge on any atom is 0.241 e. The number of benzene rings is 1. The maximum atomic E-state index is 11.9. The molecule has 0 bridgehead atoms. The van der Waals surface area contributed by atoms with Crippen LogP contribution in [-0.4, -0.2) is 36.3 Å². The molecule has 0 saturated carbocycles. The van der Waals surface area contributed by atoms with E-state index in [0.717, 1.165) is 37.9 Å². The lowest BCUT2D eigenvalue weighted by Crippen LogP contribution is -2.39. The molecule has 0 atom stereocenters. The number of carbonyl (C=O) groups excluding carboxylic acids is 2. The van der Waals surface area contributed by atoms with Crippen molar-refractivity contribution in [1.82, 2.24) is 10.2 Å². The predicted molar refractivity (Wildman–Crippen MR) is 87.6 cm³/mol. The fourth-order valence-corrected chi connectivity index (χ4v) is 2.71. The molecule has 22 heavy (non-hydrogen) atoms. The second kappa shape index (κ2) is 8.57. The summed E-state index contributed by atoms with van der Waals surface area (Å²) >= 11 is 0. The number of likely N-dealkylation sites (tertiary alicyclic amines) is 1. The number of unbranched alkanes of at least 4 members (excludes halogenated alkanes) is 1. The van der Waals surface area contributed by atoms with Crippen LogP contribution < -0.4 is 5.32 Å². The van der Waals surface area contributed by atoms with Crippen molar-refractivity contribution in [2.75, 3.05) is 19.6 Å². The Morgan fingerprint density at radius 2 is 1.73 bits per heavy atom. The van der Waals surface area contributed by atoms with Crippen molar-refractivity contribution in [2.45, 2.75) is 45.4 Å². The molecule has 1 fully saturated rings. The van der Waals surface area contributed by atoms with Crippen LogP contribution >= 0.6 is 0 Å². The first kappa shape index (κ1) is 16.5. The molecule has 0 aromatic heterocycles. The predicted octanol–water partition coefficient (Wildman–Crippen LogP) is 2.31. The summed E-state index contributed by atoms with van der Waals surface area (Å²) in [6.45, 7) is 3.96. The number of nitrogens with one attached hydrogen (secondary N) is 1. The molecule has 120 valence electrons. The van der Waals surface area contributed by atoms with E-state index < -0.39 is 0 Å². The van der Waals surface area contributed by atoms with Gasteiger partial charge in [-0.15, -0.1) is 0 Å². The van der Waals surface area contributed by atoms with Gasteiger partial charge in [0.1, 0.15) is 0 Å². The highest BCUT2D eigenvalue weighted by Gasteiger charge is 2.18. The maximum absolute atomic E-state index is 11.9. The van der Waals surface area contributed by atoms with Crippen LogP contribution in [0.15, 0.2) is 24.3 Å². The average Bonchev–Trinajstić information content (AvgIpc) is 3.06. The summed E-state index contributed by atoms with van der Waals surface area (Å²) in [5, 5.41) is 2.73. The number of amides is 2. The van der Waals surface area contributed by atoms with Gasteiger partial charge in [0.05, 0.1) is 13.0 Å². The second-order valence-electron chi connectivity index (χ2n) is 5.96. The molecule has 1 saturated heterocycles. The monoisotopic (exact) mass is 302 g/mol. The summed E-state index contributed by atoms with van der Waals surface area (Å²) in [6, 6.07) is 8.20. The molecular formula is C18H26N2O2. The summed E-state index contributed by atoms with van der Waals surface area (Å²) in [6.07, 6.45) is 5.95. The van der Waals surface area contributed by atoms with Gasteiger partial charge in [0.2, 0.25) is 11.8 Å². The number of hydrogen-bond acceptors (Lipinski definition) is 2. The van der Waals surface area contributed by atoms with E-state index in [2.05, 4.69) is 24.4 Å². The standard InChI is InChI=1S/C18H26N2O2/c1-2-3-6-15-7-9-16(10-8-15)13-17(21)19-14-18(22)20-11-4-5-12-20/h7-10H,2-6,11-14H2,1H3,(H,19,21). The lowest BCUT2D eigenvalue weighted by Gasteiger charge is -2.15. The molecule has 2 rings (SSSR count). The van der Waals surface area contributed by atoms with Gasteiger partial charge in [-0.2, -0.15) is 0 Å². The minimum absolute atomic E-state index is 0.0285. The third kappa shape index (κ3) is 5.17. The Kier molecular flexibility index (Phi) is 6.44. The molecule has 1 aromatic rings. The van der Waals surface area contributed by atoms with Gasteiger partial charge in [-0.3, -0.25) is 9.59 Å². The van der Waals surface area contributed by atoms with Crippen LogP contribution in [0.4, 0.5) is 0 Å². The van der Waals surface area contributed by atoms with Gasteiger partial charge < -0.3 is 10.2 Å². The Hall–Kier alpha value is -1.84. The second-order valence-corrected chi connectivity index (χ2v) is 5.96. The molecule has 1 aromatic carbocycles. The zero-order valence-corrected chi connectivity index (χ0v) is 13.4. The van der Waals surface area contributed by atoms with E-state index in [1.807, 2.05) is 17.0 Å². The van der Waals surface area contributed by atoms with Crippen molar-refractivity contribution in [2.24, 2.45) is 0 Å². The van der Waals surface area contributed by atoms with Crippen LogP contribution in [0.5, 0.6) is 0 Å². The van der Waals surface area contributed by atoms with Crippen LogP contribution in [0, 0.1) is 0 Å². The normalized spacial score (nSPS) is 14.1. The van der Waals surface area contributed by atoms with Crippen LogP contribution in [0.25, 0.3) is 0 Å². The number of hydrogen-bond donors (Lipinski definition) is 1. The summed E-state index contributed by atoms with van der Waals surface area (Å²) in [5.41, 5.74) is 2.31. The van der Waals surface area contributed by atoms with E-state index in [1.165, 1.54) is 18.4 Å². The molecule has 0 unspecified atom stereocenters. The van der Waals surface area contributed by atoms with Gasteiger partial charge in [-0.05, 0) is 36.8 Å². The van der Waals surface area contributed by atoms with Gasteiger partial charge in [-0.1, -0.05) is 37.6 Å². The molecule has 2 amide bonds. The third-order valence-electron chi connectivity index (χ3n) is 4.10. The largest absolute Gasteiger partial charge is 0.347 e. The first-order valence-corrected chi connectivity index (χ1v) is 8.31. The quantitative estimate of drug-likeness (QED) is 0.840. The third-order valence-corrected chi connectivity index (χ3v) is 4.10. The van der Waals surface area contributed by atoms with Crippen molar-refractivity contribution >= 4 is 11.8 Å². The number of carbonyl (C=O) groups is 2. The average molecular weight is 302 g/mol. The van der Waals surface area contributed by atoms with Crippen LogP contribution in [-0.2, 0) is 22.4 Å². The lowest BCUT2D eigenvalue weighted by molar-refractivity contribution is -0.131. The highest BCUT2D eigenvalue weighted by molar-refractivity contribution is 5.85. The first-order chi connectivity index (χ1) is 10.7. The molecular weight excluding hydrogens is 276 g/mol. The molecule has 1 aliphatic heterocycles. The van der Waals surface area contributed by atoms with Gasteiger partial charge in [0.15, 0.2) is 0 Å². The lowest BCUT2D eigenvalue weighted by atomic mass is 10.0. The van der Waals surface area contributed by atoms with Gasteiger partial charge in [-0.25, -0.2) is 0 Å². The molecule has 1 N–H and O–H groups in total. The zero-order chi connectivity index (χ0) is 15.8. The Labute approximate surface area is 132 Å². The van der Waals surface area contributed by atoms with Crippen LogP contribution in [0.2, 0.25) is 0 Å². The fraction of sp³-hybridized carbons (Fsp3) is 0.556. The molecule has 4 nitrogen and oxygen atoms in total. The van der Waals surface area contributed by atoms with Gasteiger partial charge in [0.25, 0.3) is 0 Å². The van der Waals surface area contributed by atoms with E-state index in [9.17, 15) is 9.59 Å². The van der Waals surface area contributed by atoms with Crippen LogP contribution in [0.1, 0.15) is 43.7 Å². The Morgan fingerprint density at radius 3 is 2.36 bits per heavy atom. The molecule has 4 heteroatoms. The van der Waals surface area contributed by atoms with Crippen molar-refractivity contribution in [3.8, 4) is 0 Å². The molecule has 0 spiro atoms. The van der Waals surface area contributed by atoms with Gasteiger partial charge >= 0.3 is 0 Å². The summed E-state index contributed by atoms with van der Waals surface area (Å²) in [4.78, 5) is 25.6. The zero-order valence-electron chi connectivity index (χ0n) is 13.4. The van der Waals surface area contributed by atoms with E-state index in [-0.39, 0.29) is 18.4 Å². The SMILES string of the molecule is CCCCc1ccc(CC(=O)NCC(=O)N2CCCC2)cc1. The summed E-state index contributed by atoms with van der Waals surface area (Å²) in [7, 11) is 0. The van der Waals surface area contributed by atoms with E-state index >= 15 is 0 Å². The fourth-order valence-electron chi connectivity index (χ4n) is 2.71. The molecule has 1 aliphatic rings. The smallest absolute Gasteiger partial charge is 0.241 e. The number of rotatable bonds is 7. The first-order valence-electron chi connectivity index (χ1n) is 8.31. The molecule has 0 radical (unpaired) electrons. The Morgan fingerprint density at radius 1 is 1.09 bits per heavy atom. The highest BCUT2D eigenvalue weighted by Crippen LogP contribution is 2.09. The van der Waals surface area contributed by atoms with Crippen molar-refractivity contribution < 1.29 is 9.59 Å². The Balaban J connectivity index is 1.73. The topological polar surface area (TPSA) is 49.4 Å². The summed E-state index contributed by atoms with van der Waals surface area (Å²) in [5.74, 6) is -0.0605. The van der Waals surface area contributed by atoms with Crippen LogP contribution in [0.3, 0.4) is 0 Å². The minimum Gasteiger partial charge on any atom is -0.347 e. The number of nitrogens with zero attached hydrogens (tertiary/aromatic N) is 1. The molecule has 0 aliphatic carbocycles. The summed E-state index contributed by atoms with van der Waals surface area (Å²) < 4.78 is 0. The van der Waals surface area contributed by atoms with E-state index in [0.29, 0.717) is 6.42 Å². The van der Waals surface area contributed by atoms with E-state index in [1.54, 1.807) is 0 Å². The highest BCUT2D eigenvalue weighted by atomic mass is 16.2. The van der Waals surface area contributed by atoms with Crippen molar-refractivity contribution in [1.29, 1.82) is 0 Å². The Bertz CT molecular complexity index is 490. The van der Waals surface area contributed by atoms with Crippen molar-refractivity contribution in [3.63, 3.8) is 0 Å². The van der Waals surface area contributed by atoms with Gasteiger partial charge in [0, 0.05) is 13.1 Å². The minimum atomic E-state index is -0.0890. The van der Waals surface area contributed by atoms with Crippen molar-refractivity contribution in [3.05, 3.63) is 35.4 Å². The number of aryl methyl sites for hydroxylation is 1. The van der Waals surface area contributed by atoms with E-state index in [4.69, 9.17) is 0 Å². The molecule has 1 heterocycles.